The van der Waals surface area contributed by atoms with Gasteiger partial charge in [0.25, 0.3) is 0 Å². The Morgan fingerprint density at radius 1 is 1.25 bits per heavy atom. The summed E-state index contributed by atoms with van der Waals surface area (Å²) in [6, 6.07) is 12.7. The predicted octanol–water partition coefficient (Wildman–Crippen LogP) is 3.98. The van der Waals surface area contributed by atoms with Crippen LogP contribution in [0.5, 0.6) is 5.75 Å². The molecule has 2 aliphatic heterocycles. The lowest BCUT2D eigenvalue weighted by molar-refractivity contribution is 0.0517. The molecule has 4 rings (SSSR count). The molecule has 0 N–H and O–H groups in total. The zero-order chi connectivity index (χ0) is 19.9. The van der Waals surface area contributed by atoms with E-state index < -0.39 is 18.5 Å². The predicted molar refractivity (Wildman–Crippen MR) is 105 cm³/mol. The van der Waals surface area contributed by atoms with Gasteiger partial charge in [-0.3, -0.25) is 0 Å². The molecule has 28 heavy (non-hydrogen) atoms. The van der Waals surface area contributed by atoms with Gasteiger partial charge < -0.3 is 18.9 Å². The summed E-state index contributed by atoms with van der Waals surface area (Å²) < 4.78 is 32.2. The van der Waals surface area contributed by atoms with Gasteiger partial charge in [-0.05, 0) is 38.6 Å². The van der Waals surface area contributed by atoms with Gasteiger partial charge in [-0.2, -0.15) is 5.98 Å². The summed E-state index contributed by atoms with van der Waals surface area (Å²) >= 11 is 0. The molecule has 146 valence electrons. The van der Waals surface area contributed by atoms with Crippen molar-refractivity contribution in [2.75, 3.05) is 13.7 Å². The van der Waals surface area contributed by atoms with Crippen LogP contribution in [-0.2, 0) is 9.39 Å². The molecule has 7 heteroatoms. The number of carbonyl (C=O) groups excluding carboxylic acids is 1. The van der Waals surface area contributed by atoms with Crippen molar-refractivity contribution in [1.29, 1.82) is 0 Å². The first-order valence-corrected chi connectivity index (χ1v) is 9.44. The maximum absolute atomic E-state index is 14.5. The SMILES string of the molecule is CCOC(=O)c1c(F)ccc2c1O[B-]1(C=C2)O[C@@H](c2ccccc2)[C@H](C)N1C. The van der Waals surface area contributed by atoms with E-state index in [1.54, 1.807) is 13.0 Å². The first-order valence-electron chi connectivity index (χ1n) is 9.44. The summed E-state index contributed by atoms with van der Waals surface area (Å²) in [7, 11) is 1.91. The van der Waals surface area contributed by atoms with Crippen LogP contribution in [0, 0.1) is 5.82 Å². The lowest BCUT2D eigenvalue weighted by Gasteiger charge is -2.44. The van der Waals surface area contributed by atoms with Gasteiger partial charge >= 0.3 is 12.7 Å². The normalized spacial score (nSPS) is 26.1. The average molecular weight is 382 g/mol. The van der Waals surface area contributed by atoms with Gasteiger partial charge in [-0.1, -0.05) is 36.4 Å². The molecule has 2 heterocycles. The smallest absolute Gasteiger partial charge is 0.396 e. The van der Waals surface area contributed by atoms with Crippen LogP contribution in [0.15, 0.2) is 48.4 Å². The van der Waals surface area contributed by atoms with E-state index in [0.717, 1.165) is 5.56 Å². The highest BCUT2D eigenvalue weighted by molar-refractivity contribution is 6.72. The third kappa shape index (κ3) is 2.91. The number of hydrogen-bond donors (Lipinski definition) is 0. The number of ether oxygens (including phenoxy) is 1. The topological polar surface area (TPSA) is 48.0 Å². The van der Waals surface area contributed by atoms with E-state index >= 15 is 0 Å². The Balaban J connectivity index is 1.74. The van der Waals surface area contributed by atoms with E-state index in [9.17, 15) is 9.18 Å². The molecule has 2 aromatic carbocycles. The third-order valence-corrected chi connectivity index (χ3v) is 5.54. The summed E-state index contributed by atoms with van der Waals surface area (Å²) in [5, 5.41) is 0. The molecule has 0 bridgehead atoms. The maximum atomic E-state index is 14.5. The van der Waals surface area contributed by atoms with Crippen molar-refractivity contribution in [3.05, 3.63) is 70.9 Å². The average Bonchev–Trinajstić information content (AvgIpc) is 2.94. The molecular weight excluding hydrogens is 360 g/mol. The van der Waals surface area contributed by atoms with Crippen molar-refractivity contribution < 1.29 is 23.2 Å². The molecule has 1 spiro atoms. The minimum atomic E-state index is -2.04. The van der Waals surface area contributed by atoms with E-state index in [1.165, 1.54) is 6.07 Å². The summed E-state index contributed by atoms with van der Waals surface area (Å²) in [6.07, 6.45) is 1.61. The first-order chi connectivity index (χ1) is 13.5. The van der Waals surface area contributed by atoms with Gasteiger partial charge in [0.1, 0.15) is 11.4 Å². The summed E-state index contributed by atoms with van der Waals surface area (Å²) in [6.45, 7) is 1.84. The number of hydrogen-bond acceptors (Lipinski definition) is 5. The second-order valence-corrected chi connectivity index (χ2v) is 7.14. The molecule has 2 aromatic rings. The Kier molecular flexibility index (Phi) is 4.73. The number of fused-ring (bicyclic) bond motifs is 1. The largest absolute Gasteiger partial charge is 0.675 e. The van der Waals surface area contributed by atoms with Crippen LogP contribution in [-0.4, -0.2) is 37.2 Å². The molecule has 1 saturated heterocycles. The standard InChI is InChI=1S/C21H22BFNO4/c1-4-26-21(25)18-17(23)11-10-16-12-13-22(28-20(16)18)24(3)14(2)19(27-22)15-8-6-5-7-9-15/h5-14,19H,4H2,1-3H3/q-1/t14-,19+,22?/m0/s1. The molecule has 0 amide bonds. The third-order valence-electron chi connectivity index (χ3n) is 5.54. The lowest BCUT2D eigenvalue weighted by atomic mass is 9.67. The van der Waals surface area contributed by atoms with Crippen LogP contribution in [0.1, 0.15) is 41.4 Å². The number of likely N-dealkylation sites (N-methyl/N-ethyl adjacent to an activating group) is 1. The van der Waals surface area contributed by atoms with E-state index in [1.807, 2.05) is 54.2 Å². The molecule has 0 radical (unpaired) electrons. The fourth-order valence-electron chi connectivity index (χ4n) is 3.91. The van der Waals surface area contributed by atoms with Gasteiger partial charge in [0.2, 0.25) is 0 Å². The second-order valence-electron chi connectivity index (χ2n) is 7.14. The maximum Gasteiger partial charge on any atom is 0.396 e. The fourth-order valence-corrected chi connectivity index (χ4v) is 3.91. The zero-order valence-corrected chi connectivity index (χ0v) is 16.1. The molecule has 3 atom stereocenters. The fraction of sp³-hybridized carbons (Fsp3) is 0.286. The van der Waals surface area contributed by atoms with Gasteiger partial charge in [0, 0.05) is 11.6 Å². The van der Waals surface area contributed by atoms with Crippen molar-refractivity contribution >= 4 is 18.7 Å². The van der Waals surface area contributed by atoms with E-state index in [2.05, 4.69) is 6.92 Å². The molecule has 2 aliphatic rings. The quantitative estimate of drug-likeness (QED) is 0.594. The lowest BCUT2D eigenvalue weighted by Crippen LogP contribution is -2.55. The number of carbonyl (C=O) groups is 1. The monoisotopic (exact) mass is 382 g/mol. The van der Waals surface area contributed by atoms with Gasteiger partial charge in [0.05, 0.1) is 18.5 Å². The van der Waals surface area contributed by atoms with Crippen LogP contribution in [0.2, 0.25) is 0 Å². The Labute approximate surface area is 163 Å². The van der Waals surface area contributed by atoms with E-state index in [4.69, 9.17) is 14.0 Å². The number of esters is 1. The highest BCUT2D eigenvalue weighted by Crippen LogP contribution is 2.43. The highest BCUT2D eigenvalue weighted by atomic mass is 19.1. The molecule has 1 unspecified atom stereocenters. The summed E-state index contributed by atoms with van der Waals surface area (Å²) in [5.74, 6) is 0.598. The van der Waals surface area contributed by atoms with Crippen LogP contribution >= 0.6 is 0 Å². The first kappa shape index (κ1) is 18.7. The molecule has 0 aromatic heterocycles. The Hall–Kier alpha value is -2.64. The van der Waals surface area contributed by atoms with Crippen LogP contribution in [0.4, 0.5) is 4.39 Å². The molecule has 0 saturated carbocycles. The minimum absolute atomic E-state index is 0.0215. The van der Waals surface area contributed by atoms with Crippen molar-refractivity contribution in [1.82, 2.24) is 4.81 Å². The van der Waals surface area contributed by atoms with E-state index in [-0.39, 0.29) is 30.1 Å². The Bertz CT molecular complexity index is 936. The van der Waals surface area contributed by atoms with Crippen LogP contribution < -0.4 is 4.65 Å². The van der Waals surface area contributed by atoms with Crippen LogP contribution in [0.25, 0.3) is 6.08 Å². The molecule has 0 aliphatic carbocycles. The molecule has 1 fully saturated rings. The Morgan fingerprint density at radius 2 is 2.00 bits per heavy atom. The van der Waals surface area contributed by atoms with Gasteiger partial charge in [-0.15, -0.1) is 0 Å². The number of rotatable bonds is 3. The van der Waals surface area contributed by atoms with E-state index in [0.29, 0.717) is 5.56 Å². The van der Waals surface area contributed by atoms with Crippen molar-refractivity contribution in [2.45, 2.75) is 26.0 Å². The van der Waals surface area contributed by atoms with Crippen LogP contribution in [0.3, 0.4) is 0 Å². The zero-order valence-electron chi connectivity index (χ0n) is 16.1. The van der Waals surface area contributed by atoms with Crippen molar-refractivity contribution in [2.24, 2.45) is 0 Å². The minimum Gasteiger partial charge on any atom is -0.675 e. The number of halogens is 1. The van der Waals surface area contributed by atoms with Gasteiger partial charge in [-0.25, -0.2) is 9.18 Å². The Morgan fingerprint density at radius 3 is 2.71 bits per heavy atom. The molecule has 5 nitrogen and oxygen atoms in total. The van der Waals surface area contributed by atoms with Gasteiger partial charge in [0.15, 0.2) is 0 Å². The van der Waals surface area contributed by atoms with Crippen molar-refractivity contribution in [3.63, 3.8) is 0 Å². The van der Waals surface area contributed by atoms with Crippen molar-refractivity contribution in [3.8, 4) is 5.75 Å². The summed E-state index contributed by atoms with van der Waals surface area (Å²) in [4.78, 5) is 14.4. The number of benzene rings is 2. The molecular formula is C21H22BFNO4-. The second kappa shape index (κ2) is 7.07. The summed E-state index contributed by atoms with van der Waals surface area (Å²) in [5.41, 5.74) is 1.45. The highest BCUT2D eigenvalue weighted by Gasteiger charge is 2.47. The number of nitrogens with zero attached hydrogens (tertiary/aromatic N) is 1.